The molecule has 2 aromatic rings. The van der Waals surface area contributed by atoms with E-state index in [4.69, 9.17) is 4.74 Å². The fourth-order valence-corrected chi connectivity index (χ4v) is 3.30. The van der Waals surface area contributed by atoms with Gasteiger partial charge < -0.3 is 10.1 Å². The van der Waals surface area contributed by atoms with Crippen molar-refractivity contribution in [3.63, 3.8) is 0 Å². The molecule has 156 valence electrons. The van der Waals surface area contributed by atoms with Gasteiger partial charge in [0.1, 0.15) is 6.61 Å². The molecule has 0 heterocycles. The molecular weight excluding hydrogens is 358 g/mol. The lowest BCUT2D eigenvalue weighted by Gasteiger charge is -2.21. The van der Waals surface area contributed by atoms with E-state index < -0.39 is 6.09 Å². The highest BCUT2D eigenvalue weighted by atomic mass is 16.5. The first-order valence-corrected chi connectivity index (χ1v) is 10.6. The molecule has 3 heteroatoms. The topological polar surface area (TPSA) is 38.3 Å². The summed E-state index contributed by atoms with van der Waals surface area (Å²) in [7, 11) is 0. The van der Waals surface area contributed by atoms with E-state index in [-0.39, 0.29) is 6.61 Å². The molecule has 1 N–H and O–H groups in total. The molecule has 3 nitrogen and oxygen atoms in total. The van der Waals surface area contributed by atoms with Gasteiger partial charge in [-0.1, -0.05) is 96.2 Å². The largest absolute Gasteiger partial charge is 0.445 e. The summed E-state index contributed by atoms with van der Waals surface area (Å²) in [5.41, 5.74) is 6.37. The number of carbonyl (C=O) groups excluding carboxylic acids is 1. The molecule has 0 atom stereocenters. The van der Waals surface area contributed by atoms with E-state index in [0.717, 1.165) is 5.56 Å². The summed E-state index contributed by atoms with van der Waals surface area (Å²) in [4.78, 5) is 11.9. The summed E-state index contributed by atoms with van der Waals surface area (Å²) in [5.74, 6) is 1.38. The second-order valence-corrected chi connectivity index (χ2v) is 8.42. The monoisotopic (exact) mass is 393 g/mol. The van der Waals surface area contributed by atoms with Gasteiger partial charge in [-0.25, -0.2) is 4.79 Å². The normalized spacial score (nSPS) is 11.6. The summed E-state index contributed by atoms with van der Waals surface area (Å²) in [6.07, 6.45) is 3.75. The number of carbonyl (C=O) groups is 1. The zero-order valence-electron chi connectivity index (χ0n) is 18.7. The highest BCUT2D eigenvalue weighted by Gasteiger charge is 2.15. The fraction of sp³-hybridized carbons (Fsp3) is 0.423. The zero-order chi connectivity index (χ0) is 21.4. The van der Waals surface area contributed by atoms with Crippen LogP contribution in [0.15, 0.2) is 48.5 Å². The average Bonchev–Trinajstić information content (AvgIpc) is 2.69. The molecule has 0 saturated heterocycles. The smallest absolute Gasteiger partial charge is 0.407 e. The maximum atomic E-state index is 11.9. The molecule has 0 unspecified atom stereocenters. The Morgan fingerprint density at radius 2 is 1.52 bits per heavy atom. The molecule has 0 bridgehead atoms. The van der Waals surface area contributed by atoms with E-state index in [1.165, 1.54) is 22.3 Å². The number of benzene rings is 2. The van der Waals surface area contributed by atoms with E-state index in [1.54, 1.807) is 0 Å². The summed E-state index contributed by atoms with van der Waals surface area (Å²) in [5, 5.41) is 2.80. The van der Waals surface area contributed by atoms with E-state index >= 15 is 0 Å². The van der Waals surface area contributed by atoms with E-state index in [9.17, 15) is 4.79 Å². The van der Waals surface area contributed by atoms with Crippen LogP contribution in [0.2, 0.25) is 0 Å². The molecule has 1 amide bonds. The molecule has 2 aromatic carbocycles. The second-order valence-electron chi connectivity index (χ2n) is 8.42. The molecule has 29 heavy (non-hydrogen) atoms. The first kappa shape index (κ1) is 22.7. The van der Waals surface area contributed by atoms with Crippen molar-refractivity contribution < 1.29 is 9.53 Å². The quantitative estimate of drug-likeness (QED) is 0.524. The lowest BCUT2D eigenvalue weighted by Crippen LogP contribution is -2.24. The van der Waals surface area contributed by atoms with Crippen LogP contribution in [0.5, 0.6) is 0 Å². The second kappa shape index (κ2) is 10.8. The van der Waals surface area contributed by atoms with Crippen LogP contribution < -0.4 is 5.32 Å². The van der Waals surface area contributed by atoms with Crippen molar-refractivity contribution in [2.75, 3.05) is 6.54 Å². The van der Waals surface area contributed by atoms with Crippen LogP contribution in [0.1, 0.15) is 87.1 Å². The van der Waals surface area contributed by atoms with Crippen molar-refractivity contribution in [2.45, 2.75) is 65.9 Å². The molecule has 0 aliphatic carbocycles. The van der Waals surface area contributed by atoms with Gasteiger partial charge in [0.25, 0.3) is 0 Å². The Balaban J connectivity index is 2.05. The van der Waals surface area contributed by atoms with Crippen molar-refractivity contribution in [3.8, 4) is 0 Å². The van der Waals surface area contributed by atoms with Gasteiger partial charge in [0, 0.05) is 6.54 Å². The predicted molar refractivity (Wildman–Crippen MR) is 122 cm³/mol. The van der Waals surface area contributed by atoms with Crippen molar-refractivity contribution in [2.24, 2.45) is 0 Å². The summed E-state index contributed by atoms with van der Waals surface area (Å²) >= 11 is 0. The van der Waals surface area contributed by atoms with Crippen LogP contribution in [-0.4, -0.2) is 12.6 Å². The molecule has 0 aliphatic heterocycles. The molecule has 0 saturated carbocycles. The number of hydrogen-bond donors (Lipinski definition) is 1. The Hall–Kier alpha value is -2.55. The van der Waals surface area contributed by atoms with Gasteiger partial charge in [-0.05, 0) is 45.6 Å². The molecule has 0 fully saturated rings. The lowest BCUT2D eigenvalue weighted by atomic mass is 9.84. The van der Waals surface area contributed by atoms with Gasteiger partial charge in [-0.2, -0.15) is 0 Å². The van der Waals surface area contributed by atoms with E-state index in [0.29, 0.717) is 24.3 Å². The molecule has 2 rings (SSSR count). The van der Waals surface area contributed by atoms with Crippen LogP contribution in [0.4, 0.5) is 4.79 Å². The van der Waals surface area contributed by atoms with Crippen LogP contribution in [0.3, 0.4) is 0 Å². The van der Waals surface area contributed by atoms with Gasteiger partial charge in [0.2, 0.25) is 0 Å². The number of alkyl carbamates (subject to hydrolysis) is 1. The summed E-state index contributed by atoms with van der Waals surface area (Å²) in [6.45, 7) is 14.1. The number of amides is 1. The highest BCUT2D eigenvalue weighted by Crippen LogP contribution is 2.32. The summed E-state index contributed by atoms with van der Waals surface area (Å²) in [6, 6.07) is 14.4. The van der Waals surface area contributed by atoms with E-state index in [2.05, 4.69) is 65.1 Å². The van der Waals surface area contributed by atoms with Crippen molar-refractivity contribution >= 4 is 12.2 Å². The third-order valence-electron chi connectivity index (χ3n) is 5.04. The van der Waals surface area contributed by atoms with Gasteiger partial charge in [-0.3, -0.25) is 0 Å². The highest BCUT2D eigenvalue weighted by molar-refractivity contribution is 5.68. The lowest BCUT2D eigenvalue weighted by molar-refractivity contribution is 0.141. The van der Waals surface area contributed by atoms with Crippen molar-refractivity contribution in [1.82, 2.24) is 5.32 Å². The molecule has 0 spiro atoms. The Morgan fingerprint density at radius 1 is 0.931 bits per heavy atom. The third-order valence-corrected chi connectivity index (χ3v) is 5.04. The van der Waals surface area contributed by atoms with Crippen molar-refractivity contribution in [1.29, 1.82) is 0 Å². The first-order valence-electron chi connectivity index (χ1n) is 10.6. The average molecular weight is 394 g/mol. The first-order chi connectivity index (χ1) is 13.8. The molecular formula is C26H35NO2. The van der Waals surface area contributed by atoms with Gasteiger partial charge in [0.15, 0.2) is 0 Å². The minimum atomic E-state index is -0.401. The van der Waals surface area contributed by atoms with E-state index in [1.807, 2.05) is 36.4 Å². The third kappa shape index (κ3) is 6.77. The minimum absolute atomic E-state index is 0.280. The maximum absolute atomic E-state index is 11.9. The number of nitrogens with one attached hydrogen (secondary N) is 1. The van der Waals surface area contributed by atoms with Crippen LogP contribution in [0, 0.1) is 0 Å². The maximum Gasteiger partial charge on any atom is 0.407 e. The summed E-state index contributed by atoms with van der Waals surface area (Å²) < 4.78 is 5.26. The number of ether oxygens (including phenoxy) is 1. The fourth-order valence-electron chi connectivity index (χ4n) is 3.30. The standard InChI is InChI=1S/C26H35NO2/c1-18(2)22-15-24(19(3)4)23(25(16-22)20(5)6)13-10-14-27-26(28)29-17-21-11-8-7-9-12-21/h7-13,15-16,18-20H,14,17H2,1-6H3,(H,27,28). The zero-order valence-corrected chi connectivity index (χ0v) is 18.7. The van der Waals surface area contributed by atoms with Crippen LogP contribution >= 0.6 is 0 Å². The minimum Gasteiger partial charge on any atom is -0.445 e. The van der Waals surface area contributed by atoms with Gasteiger partial charge >= 0.3 is 6.09 Å². The Morgan fingerprint density at radius 3 is 2.03 bits per heavy atom. The van der Waals surface area contributed by atoms with Crippen LogP contribution in [-0.2, 0) is 11.3 Å². The van der Waals surface area contributed by atoms with Gasteiger partial charge in [0.05, 0.1) is 0 Å². The molecule has 0 aliphatic rings. The number of hydrogen-bond acceptors (Lipinski definition) is 2. The Bertz CT molecular complexity index is 791. The number of rotatable bonds is 8. The van der Waals surface area contributed by atoms with Crippen molar-refractivity contribution in [3.05, 3.63) is 76.4 Å². The Labute approximate surface area is 176 Å². The van der Waals surface area contributed by atoms with Gasteiger partial charge in [-0.15, -0.1) is 0 Å². The predicted octanol–water partition coefficient (Wildman–Crippen LogP) is 7.00. The Kier molecular flexibility index (Phi) is 8.50. The molecule has 0 radical (unpaired) electrons. The van der Waals surface area contributed by atoms with Crippen LogP contribution in [0.25, 0.3) is 6.08 Å². The SMILES string of the molecule is CC(C)c1cc(C(C)C)c(C=CCNC(=O)OCc2ccccc2)c(C(C)C)c1. The molecule has 0 aromatic heterocycles.